The first-order valence-corrected chi connectivity index (χ1v) is 8.83. The fourth-order valence-corrected chi connectivity index (χ4v) is 2.56. The lowest BCUT2D eigenvalue weighted by molar-refractivity contribution is 0.102. The van der Waals surface area contributed by atoms with Gasteiger partial charge in [-0.25, -0.2) is 9.97 Å². The second-order valence-corrected chi connectivity index (χ2v) is 6.20. The normalized spacial score (nSPS) is 10.3. The quantitative estimate of drug-likeness (QED) is 0.638. The Kier molecular flexibility index (Phi) is 5.88. The van der Waals surface area contributed by atoms with E-state index in [0.29, 0.717) is 23.3 Å². The average molecular weight is 383 g/mol. The van der Waals surface area contributed by atoms with Crippen molar-refractivity contribution >= 4 is 34.8 Å². The van der Waals surface area contributed by atoms with Crippen LogP contribution in [0.2, 0.25) is 5.02 Å². The molecule has 0 saturated heterocycles. The lowest BCUT2D eigenvalue weighted by atomic mass is 10.2. The number of ether oxygens (including phenoxy) is 1. The van der Waals surface area contributed by atoms with E-state index in [0.717, 1.165) is 17.0 Å². The van der Waals surface area contributed by atoms with E-state index in [1.54, 1.807) is 36.4 Å². The Morgan fingerprint density at radius 1 is 1.15 bits per heavy atom. The van der Waals surface area contributed by atoms with Gasteiger partial charge in [0.1, 0.15) is 11.4 Å². The van der Waals surface area contributed by atoms with Crippen LogP contribution < -0.4 is 15.4 Å². The summed E-state index contributed by atoms with van der Waals surface area (Å²) in [4.78, 5) is 20.9. The Labute approximate surface area is 162 Å². The van der Waals surface area contributed by atoms with Gasteiger partial charge in [-0.3, -0.25) is 4.79 Å². The monoisotopic (exact) mass is 382 g/mol. The molecular weight excluding hydrogens is 364 g/mol. The van der Waals surface area contributed by atoms with E-state index in [2.05, 4.69) is 20.6 Å². The van der Waals surface area contributed by atoms with Crippen LogP contribution in [0.5, 0.6) is 5.75 Å². The molecule has 2 N–H and O–H groups in total. The van der Waals surface area contributed by atoms with Crippen LogP contribution >= 0.6 is 11.6 Å². The molecule has 2 aromatic carbocycles. The van der Waals surface area contributed by atoms with Gasteiger partial charge in [-0.2, -0.15) is 0 Å². The zero-order chi connectivity index (χ0) is 19.2. The van der Waals surface area contributed by atoms with Crippen molar-refractivity contribution < 1.29 is 9.53 Å². The third-order valence-corrected chi connectivity index (χ3v) is 3.99. The Hall–Kier alpha value is -3.12. The number of nitrogens with zero attached hydrogens (tertiary/aromatic N) is 2. The van der Waals surface area contributed by atoms with E-state index < -0.39 is 0 Å². The largest absolute Gasteiger partial charge is 0.494 e. The van der Waals surface area contributed by atoms with Crippen molar-refractivity contribution in [1.82, 2.24) is 9.97 Å². The molecule has 3 rings (SSSR count). The molecule has 1 heterocycles. The van der Waals surface area contributed by atoms with Gasteiger partial charge >= 0.3 is 0 Å². The number of anilines is 3. The standard InChI is InChI=1S/C20H19ClN4O2/c1-3-27-16-8-6-15(7-9-16)23-19(26)17-10-11-22-20(24-17)25-18-12-14(21)5-4-13(18)2/h4-12H,3H2,1-2H3,(H,23,26)(H,22,24,25). The average Bonchev–Trinajstić information content (AvgIpc) is 2.67. The highest BCUT2D eigenvalue weighted by atomic mass is 35.5. The Balaban J connectivity index is 1.72. The molecule has 27 heavy (non-hydrogen) atoms. The van der Waals surface area contributed by atoms with Crippen molar-refractivity contribution in [3.05, 3.63) is 71.0 Å². The highest BCUT2D eigenvalue weighted by Gasteiger charge is 2.10. The molecular formula is C20H19ClN4O2. The summed E-state index contributed by atoms with van der Waals surface area (Å²) >= 11 is 6.03. The fraction of sp³-hybridized carbons (Fsp3) is 0.150. The Morgan fingerprint density at radius 2 is 1.93 bits per heavy atom. The highest BCUT2D eigenvalue weighted by Crippen LogP contribution is 2.23. The minimum absolute atomic E-state index is 0.251. The van der Waals surface area contributed by atoms with E-state index in [9.17, 15) is 4.79 Å². The maximum absolute atomic E-state index is 12.5. The zero-order valence-electron chi connectivity index (χ0n) is 15.0. The fourth-order valence-electron chi connectivity index (χ4n) is 2.39. The van der Waals surface area contributed by atoms with Crippen molar-refractivity contribution in [1.29, 1.82) is 0 Å². The zero-order valence-corrected chi connectivity index (χ0v) is 15.7. The highest BCUT2D eigenvalue weighted by molar-refractivity contribution is 6.30. The number of aromatic nitrogens is 2. The van der Waals surface area contributed by atoms with Gasteiger partial charge in [-0.15, -0.1) is 0 Å². The lowest BCUT2D eigenvalue weighted by Crippen LogP contribution is -2.14. The van der Waals surface area contributed by atoms with Crippen LogP contribution in [0.1, 0.15) is 23.0 Å². The Morgan fingerprint density at radius 3 is 2.67 bits per heavy atom. The van der Waals surface area contributed by atoms with Gasteiger partial charge in [0.25, 0.3) is 5.91 Å². The van der Waals surface area contributed by atoms with Gasteiger partial charge in [0, 0.05) is 22.6 Å². The molecule has 3 aromatic rings. The maximum Gasteiger partial charge on any atom is 0.274 e. The molecule has 0 bridgehead atoms. The molecule has 0 atom stereocenters. The van der Waals surface area contributed by atoms with Gasteiger partial charge in [0.05, 0.1) is 6.61 Å². The molecule has 0 fully saturated rings. The molecule has 0 aliphatic carbocycles. The van der Waals surface area contributed by atoms with Crippen LogP contribution in [0.25, 0.3) is 0 Å². The molecule has 7 heteroatoms. The number of amides is 1. The minimum Gasteiger partial charge on any atom is -0.494 e. The van der Waals surface area contributed by atoms with Gasteiger partial charge in [0.2, 0.25) is 5.95 Å². The summed E-state index contributed by atoms with van der Waals surface area (Å²) in [6, 6.07) is 14.2. The first kappa shape index (κ1) is 18.7. The summed E-state index contributed by atoms with van der Waals surface area (Å²) in [5, 5.41) is 6.50. The molecule has 0 radical (unpaired) electrons. The number of halogens is 1. The molecule has 6 nitrogen and oxygen atoms in total. The van der Waals surface area contributed by atoms with Crippen LogP contribution in [0.3, 0.4) is 0 Å². The molecule has 0 spiro atoms. The number of carbonyl (C=O) groups is 1. The molecule has 1 aromatic heterocycles. The van der Waals surface area contributed by atoms with Gasteiger partial charge in [-0.05, 0) is 61.9 Å². The van der Waals surface area contributed by atoms with Crippen molar-refractivity contribution in [3.8, 4) is 5.75 Å². The number of rotatable bonds is 6. The summed E-state index contributed by atoms with van der Waals surface area (Å²) in [6.45, 7) is 4.46. The second kappa shape index (κ2) is 8.51. The first-order chi connectivity index (χ1) is 13.0. The first-order valence-electron chi connectivity index (χ1n) is 8.45. The van der Waals surface area contributed by atoms with Crippen LogP contribution in [-0.2, 0) is 0 Å². The lowest BCUT2D eigenvalue weighted by Gasteiger charge is -2.10. The van der Waals surface area contributed by atoms with Crippen molar-refractivity contribution in [2.45, 2.75) is 13.8 Å². The minimum atomic E-state index is -0.326. The SMILES string of the molecule is CCOc1ccc(NC(=O)c2ccnc(Nc3cc(Cl)ccc3C)n2)cc1. The third kappa shape index (κ3) is 4.95. The summed E-state index contributed by atoms with van der Waals surface area (Å²) in [5.74, 6) is 0.744. The summed E-state index contributed by atoms with van der Waals surface area (Å²) in [5.41, 5.74) is 2.68. The molecule has 0 unspecified atom stereocenters. The Bertz CT molecular complexity index is 945. The van der Waals surface area contributed by atoms with Crippen molar-refractivity contribution in [2.24, 2.45) is 0 Å². The molecule has 1 amide bonds. The number of nitrogens with one attached hydrogen (secondary N) is 2. The smallest absolute Gasteiger partial charge is 0.274 e. The van der Waals surface area contributed by atoms with E-state index in [-0.39, 0.29) is 11.6 Å². The number of hydrogen-bond acceptors (Lipinski definition) is 5. The molecule has 138 valence electrons. The number of benzene rings is 2. The summed E-state index contributed by atoms with van der Waals surface area (Å²) in [7, 11) is 0. The third-order valence-electron chi connectivity index (χ3n) is 3.76. The molecule has 0 saturated carbocycles. The maximum atomic E-state index is 12.5. The molecule has 0 aliphatic heterocycles. The molecule has 0 aliphatic rings. The second-order valence-electron chi connectivity index (χ2n) is 5.76. The summed E-state index contributed by atoms with van der Waals surface area (Å²) < 4.78 is 5.39. The number of aryl methyl sites for hydroxylation is 1. The van der Waals surface area contributed by atoms with E-state index in [1.807, 2.05) is 26.0 Å². The predicted octanol–water partition coefficient (Wildman–Crippen LogP) is 4.83. The van der Waals surface area contributed by atoms with Gasteiger partial charge < -0.3 is 15.4 Å². The van der Waals surface area contributed by atoms with E-state index in [1.165, 1.54) is 6.20 Å². The van der Waals surface area contributed by atoms with Crippen LogP contribution in [0.4, 0.5) is 17.3 Å². The van der Waals surface area contributed by atoms with Crippen molar-refractivity contribution in [2.75, 3.05) is 17.2 Å². The van der Waals surface area contributed by atoms with Crippen LogP contribution in [0, 0.1) is 6.92 Å². The topological polar surface area (TPSA) is 76.1 Å². The number of hydrogen-bond donors (Lipinski definition) is 2. The van der Waals surface area contributed by atoms with E-state index in [4.69, 9.17) is 16.3 Å². The predicted molar refractivity (Wildman–Crippen MR) is 107 cm³/mol. The van der Waals surface area contributed by atoms with Crippen molar-refractivity contribution in [3.63, 3.8) is 0 Å². The number of carbonyl (C=O) groups excluding carboxylic acids is 1. The summed E-state index contributed by atoms with van der Waals surface area (Å²) in [6.07, 6.45) is 1.53. The van der Waals surface area contributed by atoms with Gasteiger partial charge in [0.15, 0.2) is 0 Å². The van der Waals surface area contributed by atoms with Crippen LogP contribution in [-0.4, -0.2) is 22.5 Å². The van der Waals surface area contributed by atoms with Crippen LogP contribution in [0.15, 0.2) is 54.7 Å². The van der Waals surface area contributed by atoms with E-state index >= 15 is 0 Å². The van der Waals surface area contributed by atoms with Gasteiger partial charge in [-0.1, -0.05) is 17.7 Å².